The third kappa shape index (κ3) is 15.9. The van der Waals surface area contributed by atoms with E-state index in [9.17, 15) is 30.7 Å². The van der Waals surface area contributed by atoms with Crippen LogP contribution >= 0.6 is 0 Å². The minimum atomic E-state index is -4.89. The van der Waals surface area contributed by atoms with Crippen LogP contribution in [0.3, 0.4) is 0 Å². The van der Waals surface area contributed by atoms with Crippen molar-refractivity contribution in [3.8, 4) is 0 Å². The summed E-state index contributed by atoms with van der Waals surface area (Å²) in [6.45, 7) is 0. The molecule has 0 aromatic rings. The van der Waals surface area contributed by atoms with Crippen LogP contribution in [0.1, 0.15) is 0 Å². The number of hydrogen-bond acceptors (Lipinski definition) is 2. The molecule has 0 N–H and O–H groups in total. The Morgan fingerprint density at radius 1 is 0.917 bits per heavy atom. The molecule has 2 nitrogen and oxygen atoms in total. The van der Waals surface area contributed by atoms with Gasteiger partial charge in [-0.2, -0.15) is 17.6 Å². The lowest BCUT2D eigenvalue weighted by Gasteiger charge is -1.85. The Hall–Kier alpha value is -1.15. The first-order chi connectivity index (χ1) is 5.20. The predicted octanol–water partition coefficient (Wildman–Crippen LogP) is 3.26. The molecule has 0 spiro atoms. The molecule has 0 aliphatic carbocycles. The number of hydrogen-bond donors (Lipinski definition) is 0. The topological polar surface area (TPSA) is 29.4 Å². The van der Waals surface area contributed by atoms with Gasteiger partial charge in [0.1, 0.15) is 0 Å². The standard InChI is InChI=1S/C2F4.CF3NO/c3-1(4)2(5)6;2-1(3,4)5-6. The summed E-state index contributed by atoms with van der Waals surface area (Å²) < 4.78 is 72.1. The van der Waals surface area contributed by atoms with E-state index in [0.29, 0.717) is 0 Å². The fourth-order valence-electron chi connectivity index (χ4n) is 0. The highest BCUT2D eigenvalue weighted by molar-refractivity contribution is 4.77. The van der Waals surface area contributed by atoms with Gasteiger partial charge in [-0.1, -0.05) is 0 Å². The van der Waals surface area contributed by atoms with Gasteiger partial charge < -0.3 is 0 Å². The largest absolute Gasteiger partial charge is 0.538 e. The van der Waals surface area contributed by atoms with E-state index in [-0.39, 0.29) is 0 Å². The Labute approximate surface area is 60.6 Å². The van der Waals surface area contributed by atoms with Crippen molar-refractivity contribution >= 4 is 0 Å². The fourth-order valence-corrected chi connectivity index (χ4v) is 0. The van der Waals surface area contributed by atoms with Gasteiger partial charge in [0.2, 0.25) is 0 Å². The van der Waals surface area contributed by atoms with Gasteiger partial charge in [-0.05, 0) is 0 Å². The third-order valence-corrected chi connectivity index (χ3v) is 0.246. The molecule has 0 fully saturated rings. The summed E-state index contributed by atoms with van der Waals surface area (Å²) in [7, 11) is 0. The second-order valence-electron chi connectivity index (χ2n) is 1.08. The third-order valence-electron chi connectivity index (χ3n) is 0.246. The summed E-state index contributed by atoms with van der Waals surface area (Å²) in [5.74, 6) is 0. The van der Waals surface area contributed by atoms with Gasteiger partial charge in [0.25, 0.3) is 0 Å². The molecule has 0 aromatic carbocycles. The zero-order chi connectivity index (χ0) is 10.4. The van der Waals surface area contributed by atoms with E-state index in [1.54, 1.807) is 0 Å². The lowest BCUT2D eigenvalue weighted by molar-refractivity contribution is -0.121. The average molecular weight is 199 g/mol. The Morgan fingerprint density at radius 3 is 1.08 bits per heavy atom. The Kier molecular flexibility index (Phi) is 6.15. The normalized spacial score (nSPS) is 9.58. The molecule has 0 rings (SSSR count). The first-order valence-electron chi connectivity index (χ1n) is 1.98. The predicted molar refractivity (Wildman–Crippen MR) is 23.3 cm³/mol. The van der Waals surface area contributed by atoms with Crippen LogP contribution in [0.25, 0.3) is 0 Å². The maximum absolute atomic E-state index is 10.3. The monoisotopic (exact) mass is 199 g/mol. The van der Waals surface area contributed by atoms with Crippen molar-refractivity contribution in [2.75, 3.05) is 0 Å². The smallest absolute Gasteiger partial charge is 0.167 e. The molecule has 9 heteroatoms. The fraction of sp³-hybridized carbons (Fsp3) is 0.333. The maximum Gasteiger partial charge on any atom is 0.538 e. The molecular formula is C3F7NO. The number of nitroso groups, excluding NO2 is 1. The van der Waals surface area contributed by atoms with Gasteiger partial charge in [0.15, 0.2) is 0 Å². The van der Waals surface area contributed by atoms with E-state index in [2.05, 4.69) is 0 Å². The van der Waals surface area contributed by atoms with Gasteiger partial charge in [-0.3, -0.25) is 0 Å². The van der Waals surface area contributed by atoms with Crippen LogP contribution in [0.15, 0.2) is 17.3 Å². The van der Waals surface area contributed by atoms with Gasteiger partial charge >= 0.3 is 18.5 Å². The van der Waals surface area contributed by atoms with Crippen molar-refractivity contribution in [2.45, 2.75) is 6.30 Å². The van der Waals surface area contributed by atoms with Crippen molar-refractivity contribution in [1.29, 1.82) is 0 Å². The van der Waals surface area contributed by atoms with Crippen molar-refractivity contribution in [2.24, 2.45) is 5.18 Å². The second-order valence-corrected chi connectivity index (χ2v) is 1.08. The molecule has 0 bridgehead atoms. The Bertz CT molecular complexity index is 154. The molecule has 0 amide bonds. The van der Waals surface area contributed by atoms with Crippen LogP contribution in [0.4, 0.5) is 30.7 Å². The SMILES string of the molecule is FC(F)=C(F)F.O=NC(F)(F)F. The minimum absolute atomic E-state index is 0.771. The van der Waals surface area contributed by atoms with E-state index in [1.807, 2.05) is 0 Å². The Balaban J connectivity index is 0. The van der Waals surface area contributed by atoms with E-state index in [4.69, 9.17) is 4.91 Å². The molecule has 0 saturated carbocycles. The number of alkyl halides is 3. The molecular weight excluding hydrogens is 199 g/mol. The molecule has 0 aromatic heterocycles. The van der Waals surface area contributed by atoms with Crippen molar-refractivity contribution in [1.82, 2.24) is 0 Å². The molecule has 0 heterocycles. The minimum Gasteiger partial charge on any atom is -0.167 e. The van der Waals surface area contributed by atoms with Crippen LogP contribution < -0.4 is 0 Å². The zero-order valence-electron chi connectivity index (χ0n) is 5.00. The second kappa shape index (κ2) is 5.49. The van der Waals surface area contributed by atoms with Gasteiger partial charge in [0.05, 0.1) is 0 Å². The number of halogens is 7. The summed E-state index contributed by atoms with van der Waals surface area (Å²) in [5.41, 5.74) is 0. The summed E-state index contributed by atoms with van der Waals surface area (Å²) in [5, 5.41) is 0.771. The highest BCUT2D eigenvalue weighted by Crippen LogP contribution is 2.13. The van der Waals surface area contributed by atoms with Crippen LogP contribution in [0.5, 0.6) is 0 Å². The lowest BCUT2D eigenvalue weighted by atomic mass is 11.1. The molecule has 72 valence electrons. The zero-order valence-corrected chi connectivity index (χ0v) is 5.00. The molecule has 0 unspecified atom stereocenters. The number of rotatable bonds is 0. The van der Waals surface area contributed by atoms with Crippen molar-refractivity contribution in [3.63, 3.8) is 0 Å². The highest BCUT2D eigenvalue weighted by Gasteiger charge is 2.27. The highest BCUT2D eigenvalue weighted by atomic mass is 19.4. The van der Waals surface area contributed by atoms with E-state index in [1.165, 1.54) is 0 Å². The van der Waals surface area contributed by atoms with Crippen LogP contribution in [0, 0.1) is 4.91 Å². The first kappa shape index (κ1) is 13.4. The molecule has 0 atom stereocenters. The van der Waals surface area contributed by atoms with Crippen LogP contribution in [0.2, 0.25) is 0 Å². The van der Waals surface area contributed by atoms with Crippen LogP contribution in [-0.4, -0.2) is 6.30 Å². The Morgan fingerprint density at radius 2 is 1.08 bits per heavy atom. The molecule has 0 radical (unpaired) electrons. The van der Waals surface area contributed by atoms with Gasteiger partial charge in [0, 0.05) is 5.18 Å². The maximum atomic E-state index is 10.3. The van der Waals surface area contributed by atoms with E-state index >= 15 is 0 Å². The van der Waals surface area contributed by atoms with E-state index in [0.717, 1.165) is 5.18 Å². The average Bonchev–Trinajstić information content (AvgIpc) is 1.87. The molecule has 0 saturated heterocycles. The lowest BCUT2D eigenvalue weighted by Crippen LogP contribution is -1.98. The van der Waals surface area contributed by atoms with Gasteiger partial charge in [-0.15, -0.1) is 18.1 Å². The van der Waals surface area contributed by atoms with Crippen LogP contribution in [-0.2, 0) is 0 Å². The quantitative estimate of drug-likeness (QED) is 0.334. The van der Waals surface area contributed by atoms with Crippen molar-refractivity contribution in [3.05, 3.63) is 17.1 Å². The van der Waals surface area contributed by atoms with Crippen molar-refractivity contribution < 1.29 is 30.7 Å². The van der Waals surface area contributed by atoms with E-state index < -0.39 is 18.5 Å². The molecule has 0 aliphatic rings. The molecule has 0 aliphatic heterocycles. The summed E-state index contributed by atoms with van der Waals surface area (Å²) >= 11 is 0. The molecule has 12 heavy (non-hydrogen) atoms. The summed E-state index contributed by atoms with van der Waals surface area (Å²) in [6, 6.07) is 0. The summed E-state index contributed by atoms with van der Waals surface area (Å²) in [4.78, 5) is 8.45. The first-order valence-corrected chi connectivity index (χ1v) is 1.98. The van der Waals surface area contributed by atoms with Gasteiger partial charge in [-0.25, -0.2) is 0 Å². The summed E-state index contributed by atoms with van der Waals surface area (Å²) in [6.07, 6.45) is -10.7. The number of nitrogens with zero attached hydrogens (tertiary/aromatic N) is 1.